The summed E-state index contributed by atoms with van der Waals surface area (Å²) in [7, 11) is 0. The average Bonchev–Trinajstić information content (AvgIpc) is 3.42. The largest absolute Gasteiger partial charge is 0.462 e. The normalized spacial score (nSPS) is 12.5. The lowest BCUT2D eigenvalue weighted by Crippen LogP contribution is -2.28. The molecule has 5 nitrogen and oxygen atoms in total. The summed E-state index contributed by atoms with van der Waals surface area (Å²) >= 11 is 0. The Hall–Kier alpha value is -2.40. The summed E-state index contributed by atoms with van der Waals surface area (Å²) in [6, 6.07) is 0. The molecule has 0 aromatic rings. The lowest BCUT2D eigenvalue weighted by molar-refractivity contribution is -0.161. The second kappa shape index (κ2) is 66.9. The van der Waals surface area contributed by atoms with Crippen LogP contribution in [0.5, 0.6) is 0 Å². The molecular formula is C71H130O5. The zero-order chi connectivity index (χ0) is 54.8. The quantitative estimate of drug-likeness (QED) is 0.0373. The van der Waals surface area contributed by atoms with E-state index in [0.717, 1.165) is 77.0 Å². The molecule has 0 spiro atoms. The molecule has 0 aliphatic carbocycles. The number of ether oxygens (including phenoxy) is 2. The van der Waals surface area contributed by atoms with E-state index < -0.39 is 6.10 Å². The molecule has 1 unspecified atom stereocenters. The van der Waals surface area contributed by atoms with Crippen molar-refractivity contribution >= 4 is 11.9 Å². The number of esters is 2. The van der Waals surface area contributed by atoms with E-state index in [1.807, 2.05) is 0 Å². The lowest BCUT2D eigenvalue weighted by atomic mass is 10.0. The van der Waals surface area contributed by atoms with Gasteiger partial charge in [0.15, 0.2) is 6.10 Å². The van der Waals surface area contributed by atoms with Crippen molar-refractivity contribution < 1.29 is 24.2 Å². The Kier molecular flexibility index (Phi) is 64.8. The van der Waals surface area contributed by atoms with Gasteiger partial charge in [-0.2, -0.15) is 0 Å². The predicted octanol–water partition coefficient (Wildman–Crippen LogP) is 23.3. The molecule has 0 fully saturated rings. The maximum Gasteiger partial charge on any atom is 0.306 e. The smallest absolute Gasteiger partial charge is 0.306 e. The number of carbonyl (C=O) groups is 2. The molecule has 0 saturated heterocycles. The fraction of sp³-hybridized carbons (Fsp3) is 0.831. The zero-order valence-corrected chi connectivity index (χ0v) is 51.0. The van der Waals surface area contributed by atoms with Crippen LogP contribution in [-0.2, 0) is 19.1 Å². The number of hydrogen-bond donors (Lipinski definition) is 1. The van der Waals surface area contributed by atoms with Crippen LogP contribution in [0.2, 0.25) is 0 Å². The molecule has 0 amide bonds. The van der Waals surface area contributed by atoms with Gasteiger partial charge in [-0.05, 0) is 57.8 Å². The number of rotatable bonds is 63. The van der Waals surface area contributed by atoms with Gasteiger partial charge in [-0.25, -0.2) is 0 Å². The van der Waals surface area contributed by atoms with Crippen LogP contribution in [0.25, 0.3) is 0 Å². The van der Waals surface area contributed by atoms with Crippen LogP contribution < -0.4 is 0 Å². The summed E-state index contributed by atoms with van der Waals surface area (Å²) in [4.78, 5) is 24.6. The Bertz CT molecular complexity index is 1300. The van der Waals surface area contributed by atoms with Crippen molar-refractivity contribution in [3.63, 3.8) is 0 Å². The first-order chi connectivity index (χ1) is 37.6. The number of allylic oxidation sites excluding steroid dienone is 10. The minimum Gasteiger partial charge on any atom is -0.462 e. The molecule has 0 saturated carbocycles. The monoisotopic (exact) mass is 1060 g/mol. The summed E-state index contributed by atoms with van der Waals surface area (Å²) in [6.45, 7) is 4.06. The standard InChI is InChI=1S/C71H130O5/c1-3-5-7-9-11-13-15-17-19-21-23-25-27-28-29-30-31-32-33-34-35-36-37-38-39-40-41-42-44-45-47-49-51-53-55-57-59-61-63-65-70(73)75-68-69(67-72)76-71(74)66-64-62-60-58-56-54-52-50-48-46-43-26-24-22-20-18-16-14-12-10-8-6-4-2/h6,8,12,14,18,20,24,26,46,48,69,72H,3-5,7,9-11,13,15-17,19,21-23,25,27-45,47,49-68H2,1-2H3/b8-6-,14-12-,20-18-,26-24-,48-46-. The Labute approximate surface area is 474 Å². The molecule has 1 atom stereocenters. The van der Waals surface area contributed by atoms with E-state index in [-0.39, 0.29) is 25.2 Å². The fourth-order valence-corrected chi connectivity index (χ4v) is 10.3. The number of hydrogen-bond acceptors (Lipinski definition) is 5. The maximum atomic E-state index is 12.3. The molecule has 0 radical (unpaired) electrons. The van der Waals surface area contributed by atoms with Crippen LogP contribution in [0.15, 0.2) is 60.8 Å². The Morgan fingerprint density at radius 1 is 0.316 bits per heavy atom. The Balaban J connectivity index is 3.39. The first-order valence-corrected chi connectivity index (χ1v) is 33.8. The van der Waals surface area contributed by atoms with Crippen molar-refractivity contribution in [2.75, 3.05) is 13.2 Å². The second-order valence-corrected chi connectivity index (χ2v) is 22.9. The summed E-state index contributed by atoms with van der Waals surface area (Å²) in [5.74, 6) is -0.590. The topological polar surface area (TPSA) is 72.8 Å². The molecule has 0 aromatic carbocycles. The molecule has 0 aliphatic rings. The first-order valence-electron chi connectivity index (χ1n) is 33.8. The Morgan fingerprint density at radius 2 is 0.566 bits per heavy atom. The van der Waals surface area contributed by atoms with Crippen molar-refractivity contribution in [2.45, 2.75) is 367 Å². The van der Waals surface area contributed by atoms with Crippen LogP contribution in [0.4, 0.5) is 0 Å². The highest BCUT2D eigenvalue weighted by Gasteiger charge is 2.16. The third-order valence-corrected chi connectivity index (χ3v) is 15.3. The van der Waals surface area contributed by atoms with E-state index in [1.54, 1.807) is 0 Å². The lowest BCUT2D eigenvalue weighted by Gasteiger charge is -2.15. The third kappa shape index (κ3) is 64.1. The molecule has 0 aromatic heterocycles. The van der Waals surface area contributed by atoms with Gasteiger partial charge in [0.25, 0.3) is 0 Å². The number of unbranched alkanes of at least 4 members (excludes halogenated alkanes) is 45. The van der Waals surface area contributed by atoms with Gasteiger partial charge in [0, 0.05) is 12.8 Å². The van der Waals surface area contributed by atoms with Gasteiger partial charge in [-0.3, -0.25) is 9.59 Å². The molecular weight excluding hydrogens is 933 g/mol. The van der Waals surface area contributed by atoms with Crippen molar-refractivity contribution in [1.29, 1.82) is 0 Å². The van der Waals surface area contributed by atoms with Gasteiger partial charge in [0.1, 0.15) is 6.61 Å². The van der Waals surface area contributed by atoms with E-state index >= 15 is 0 Å². The number of carbonyl (C=O) groups excluding carboxylic acids is 2. The molecule has 0 heterocycles. The van der Waals surface area contributed by atoms with Crippen LogP contribution in [0.3, 0.4) is 0 Å². The van der Waals surface area contributed by atoms with E-state index in [2.05, 4.69) is 74.6 Å². The highest BCUT2D eigenvalue weighted by molar-refractivity contribution is 5.70. The van der Waals surface area contributed by atoms with E-state index in [9.17, 15) is 14.7 Å². The van der Waals surface area contributed by atoms with Crippen LogP contribution in [0, 0.1) is 0 Å². The maximum absolute atomic E-state index is 12.3. The van der Waals surface area contributed by atoms with Gasteiger partial charge < -0.3 is 14.6 Å². The SMILES string of the molecule is CC/C=C\C/C=C\C/C=C\C/C=C\C/C=C\CCCCCCCCCC(=O)OC(CO)COC(=O)CCCCCCCCCCCCCCCCCCCCCCCCCCCCCCCCCCCCCCCCC. The molecule has 1 N–H and O–H groups in total. The Morgan fingerprint density at radius 3 is 0.855 bits per heavy atom. The zero-order valence-electron chi connectivity index (χ0n) is 51.0. The minimum absolute atomic E-state index is 0.0690. The van der Waals surface area contributed by atoms with E-state index in [1.165, 1.54) is 257 Å². The first kappa shape index (κ1) is 73.6. The molecule has 444 valence electrons. The van der Waals surface area contributed by atoms with E-state index in [4.69, 9.17) is 9.47 Å². The number of aliphatic hydroxyl groups excluding tert-OH is 1. The van der Waals surface area contributed by atoms with Gasteiger partial charge in [0.05, 0.1) is 6.61 Å². The summed E-state index contributed by atoms with van der Waals surface area (Å²) in [6.07, 6.45) is 91.2. The summed E-state index contributed by atoms with van der Waals surface area (Å²) < 4.78 is 10.7. The van der Waals surface area contributed by atoms with Crippen LogP contribution in [0.1, 0.15) is 361 Å². The van der Waals surface area contributed by atoms with Crippen molar-refractivity contribution in [1.82, 2.24) is 0 Å². The number of aliphatic hydroxyl groups is 1. The fourth-order valence-electron chi connectivity index (χ4n) is 10.3. The third-order valence-electron chi connectivity index (χ3n) is 15.3. The van der Waals surface area contributed by atoms with Crippen LogP contribution >= 0.6 is 0 Å². The van der Waals surface area contributed by atoms with Gasteiger partial charge in [-0.15, -0.1) is 0 Å². The molecule has 0 rings (SSSR count). The highest BCUT2D eigenvalue weighted by atomic mass is 16.6. The summed E-state index contributed by atoms with van der Waals surface area (Å²) in [5, 5.41) is 9.68. The van der Waals surface area contributed by atoms with E-state index in [0.29, 0.717) is 12.8 Å². The van der Waals surface area contributed by atoms with Crippen molar-refractivity contribution in [3.05, 3.63) is 60.8 Å². The van der Waals surface area contributed by atoms with Crippen molar-refractivity contribution in [3.8, 4) is 0 Å². The minimum atomic E-state index is -0.781. The van der Waals surface area contributed by atoms with Crippen molar-refractivity contribution in [2.24, 2.45) is 0 Å². The molecule has 0 aliphatic heterocycles. The predicted molar refractivity (Wildman–Crippen MR) is 334 cm³/mol. The summed E-state index contributed by atoms with van der Waals surface area (Å²) in [5.41, 5.74) is 0. The van der Waals surface area contributed by atoms with Gasteiger partial charge >= 0.3 is 11.9 Å². The second-order valence-electron chi connectivity index (χ2n) is 22.9. The van der Waals surface area contributed by atoms with Crippen LogP contribution in [-0.4, -0.2) is 36.4 Å². The molecule has 0 bridgehead atoms. The van der Waals surface area contributed by atoms with Gasteiger partial charge in [0.2, 0.25) is 0 Å². The molecule has 5 heteroatoms. The highest BCUT2D eigenvalue weighted by Crippen LogP contribution is 2.19. The van der Waals surface area contributed by atoms with Gasteiger partial charge in [-0.1, -0.05) is 351 Å². The molecule has 76 heavy (non-hydrogen) atoms. The average molecular weight is 1060 g/mol.